The average molecular weight is 200 g/mol. The number of hydrogen-bond acceptors (Lipinski definition) is 0. The van der Waals surface area contributed by atoms with E-state index in [1.54, 1.807) is 0 Å². The topological polar surface area (TPSA) is 158 Å². The van der Waals surface area contributed by atoms with Crippen LogP contribution < -0.4 is 103 Å². The van der Waals surface area contributed by atoms with Gasteiger partial charge < -0.3 is 40.9 Å². The zero-order valence-electron chi connectivity index (χ0n) is 4.91. The molecular formula is H10K2O5S. The van der Waals surface area contributed by atoms with Crippen molar-refractivity contribution in [1.29, 1.82) is 0 Å². The fourth-order valence-electron chi connectivity index (χ4n) is 0. The van der Waals surface area contributed by atoms with Crippen LogP contribution in [-0.4, -0.2) is 27.4 Å². The van der Waals surface area contributed by atoms with Gasteiger partial charge in [-0.25, -0.2) is 0 Å². The van der Waals surface area contributed by atoms with Crippen molar-refractivity contribution in [2.75, 3.05) is 0 Å². The van der Waals surface area contributed by atoms with E-state index in [1.807, 2.05) is 0 Å². The van der Waals surface area contributed by atoms with Crippen LogP contribution in [-0.2, 0) is 13.5 Å². The van der Waals surface area contributed by atoms with Crippen molar-refractivity contribution in [2.45, 2.75) is 0 Å². The second-order valence-corrected chi connectivity index (χ2v) is 0. The van der Waals surface area contributed by atoms with Gasteiger partial charge in [0.05, 0.1) is 0 Å². The molecule has 0 heterocycles. The first kappa shape index (κ1) is 106. The zero-order chi connectivity index (χ0) is 0. The number of hydrogen-bond donors (Lipinski definition) is 0. The molecule has 8 heteroatoms. The van der Waals surface area contributed by atoms with Crippen LogP contribution in [0.3, 0.4) is 0 Å². The first-order valence-electron chi connectivity index (χ1n) is 0. The third kappa shape index (κ3) is 57.1. The molecule has 10 N–H and O–H groups in total. The van der Waals surface area contributed by atoms with Crippen LogP contribution in [0, 0.1) is 0 Å². The second kappa shape index (κ2) is 79.0. The maximum absolute atomic E-state index is 0. The van der Waals surface area contributed by atoms with Crippen LogP contribution in [0.4, 0.5) is 0 Å². The van der Waals surface area contributed by atoms with E-state index in [0.29, 0.717) is 0 Å². The molecular weight excluding hydrogens is 190 g/mol. The third-order valence-corrected chi connectivity index (χ3v) is 0. The number of rotatable bonds is 0. The average Bonchev–Trinajstić information content (AvgIpc) is 0. The molecule has 0 saturated carbocycles. The molecule has 0 aromatic rings. The SMILES string of the molecule is O.O.O.O.O.[K+].[K+].[S-2]. The van der Waals surface area contributed by atoms with Crippen molar-refractivity contribution in [3.63, 3.8) is 0 Å². The van der Waals surface area contributed by atoms with Crippen LogP contribution in [0.25, 0.3) is 0 Å². The Morgan fingerprint density at radius 1 is 0.375 bits per heavy atom. The molecule has 0 fully saturated rings. The van der Waals surface area contributed by atoms with Crippen molar-refractivity contribution in [3.05, 3.63) is 0 Å². The van der Waals surface area contributed by atoms with Gasteiger partial charge in [0.25, 0.3) is 0 Å². The molecule has 0 saturated heterocycles. The molecule has 0 bridgehead atoms. The summed E-state index contributed by atoms with van der Waals surface area (Å²) in [6.07, 6.45) is 0. The minimum Gasteiger partial charge on any atom is -2.00 e. The van der Waals surface area contributed by atoms with E-state index in [0.717, 1.165) is 0 Å². The minimum atomic E-state index is 0. The molecule has 0 aliphatic carbocycles. The fraction of sp³-hybridized carbons (Fsp3) is 0. The zero-order valence-corrected chi connectivity index (χ0v) is 12.0. The monoisotopic (exact) mass is 200 g/mol. The molecule has 0 aromatic carbocycles. The summed E-state index contributed by atoms with van der Waals surface area (Å²) >= 11 is 0. The van der Waals surface area contributed by atoms with Crippen molar-refractivity contribution >= 4 is 13.5 Å². The van der Waals surface area contributed by atoms with Gasteiger partial charge in [-0.2, -0.15) is 0 Å². The Hall–Kier alpha value is 3.42. The van der Waals surface area contributed by atoms with Gasteiger partial charge in [0.2, 0.25) is 0 Å². The normalized spacial score (nSPS) is 0. The van der Waals surface area contributed by atoms with E-state index in [2.05, 4.69) is 0 Å². The standard InChI is InChI=1S/2K.5H2O.S/h;;5*1H2;/q2*+1;;;;;;-2. The van der Waals surface area contributed by atoms with E-state index in [1.165, 1.54) is 0 Å². The van der Waals surface area contributed by atoms with Crippen LogP contribution >= 0.6 is 0 Å². The predicted molar refractivity (Wildman–Crippen MR) is 25.4 cm³/mol. The Morgan fingerprint density at radius 3 is 0.375 bits per heavy atom. The molecule has 0 unspecified atom stereocenters. The van der Waals surface area contributed by atoms with Gasteiger partial charge in [0.1, 0.15) is 0 Å². The molecule has 0 aliphatic heterocycles. The van der Waals surface area contributed by atoms with Gasteiger partial charge in [-0.15, -0.1) is 0 Å². The summed E-state index contributed by atoms with van der Waals surface area (Å²) in [6.45, 7) is 0. The quantitative estimate of drug-likeness (QED) is 0.340. The molecule has 0 radical (unpaired) electrons. The van der Waals surface area contributed by atoms with Gasteiger partial charge >= 0.3 is 103 Å². The smallest absolute Gasteiger partial charge is 1.00 e. The summed E-state index contributed by atoms with van der Waals surface area (Å²) in [7, 11) is 0. The predicted octanol–water partition coefficient (Wildman–Crippen LogP) is -10.1. The summed E-state index contributed by atoms with van der Waals surface area (Å²) in [5.41, 5.74) is 0. The van der Waals surface area contributed by atoms with E-state index >= 15 is 0 Å². The molecule has 0 amide bonds. The molecule has 0 aromatic heterocycles. The molecule has 8 heavy (non-hydrogen) atoms. The molecule has 0 aliphatic rings. The van der Waals surface area contributed by atoms with Crippen LogP contribution in [0.1, 0.15) is 0 Å². The summed E-state index contributed by atoms with van der Waals surface area (Å²) in [6, 6.07) is 0. The van der Waals surface area contributed by atoms with Crippen LogP contribution in [0.5, 0.6) is 0 Å². The molecule has 0 spiro atoms. The van der Waals surface area contributed by atoms with E-state index in [4.69, 9.17) is 0 Å². The maximum Gasteiger partial charge on any atom is 1.00 e. The largest absolute Gasteiger partial charge is 2.00 e. The Kier molecular flexibility index (Phi) is 1050. The van der Waals surface area contributed by atoms with Crippen molar-refractivity contribution in [2.24, 2.45) is 0 Å². The third-order valence-electron chi connectivity index (χ3n) is 0. The second-order valence-electron chi connectivity index (χ2n) is 0. The van der Waals surface area contributed by atoms with Gasteiger partial charge in [-0.05, 0) is 0 Å². The van der Waals surface area contributed by atoms with E-state index < -0.39 is 0 Å². The summed E-state index contributed by atoms with van der Waals surface area (Å²) in [4.78, 5) is 0. The van der Waals surface area contributed by atoms with Gasteiger partial charge in [0, 0.05) is 0 Å². The van der Waals surface area contributed by atoms with E-state index in [9.17, 15) is 0 Å². The first-order chi connectivity index (χ1) is 0. The minimum absolute atomic E-state index is 0. The summed E-state index contributed by atoms with van der Waals surface area (Å²) in [5.74, 6) is 0. The Morgan fingerprint density at radius 2 is 0.375 bits per heavy atom. The van der Waals surface area contributed by atoms with Crippen molar-refractivity contribution in [1.82, 2.24) is 0 Å². The molecule has 5 nitrogen and oxygen atoms in total. The molecule has 0 rings (SSSR count). The van der Waals surface area contributed by atoms with Crippen LogP contribution in [0.15, 0.2) is 0 Å². The Labute approximate surface area is 140 Å². The fourth-order valence-corrected chi connectivity index (χ4v) is 0. The Bertz CT molecular complexity index is 10.4. The van der Waals surface area contributed by atoms with Crippen LogP contribution in [0.2, 0.25) is 0 Å². The van der Waals surface area contributed by atoms with Crippen molar-refractivity contribution in [3.8, 4) is 0 Å². The molecule has 0 atom stereocenters. The van der Waals surface area contributed by atoms with Crippen molar-refractivity contribution < 1.29 is 130 Å². The van der Waals surface area contributed by atoms with Gasteiger partial charge in [-0.1, -0.05) is 0 Å². The van der Waals surface area contributed by atoms with E-state index in [-0.39, 0.29) is 144 Å². The van der Waals surface area contributed by atoms with Gasteiger partial charge in [0.15, 0.2) is 0 Å². The summed E-state index contributed by atoms with van der Waals surface area (Å²) < 4.78 is 0. The first-order valence-corrected chi connectivity index (χ1v) is 0. The van der Waals surface area contributed by atoms with Gasteiger partial charge in [-0.3, -0.25) is 0 Å². The Balaban J connectivity index is 0. The summed E-state index contributed by atoms with van der Waals surface area (Å²) in [5, 5.41) is 0. The molecule has 48 valence electrons. The maximum atomic E-state index is 0.